The number of hydrogen-bond donors (Lipinski definition) is 2. The zero-order valence-corrected chi connectivity index (χ0v) is 19.7. The van der Waals surface area contributed by atoms with Crippen LogP contribution in [0.3, 0.4) is 0 Å². The Balaban J connectivity index is 1.46. The van der Waals surface area contributed by atoms with Crippen LogP contribution in [0.15, 0.2) is 29.1 Å². The molecule has 5 atom stereocenters. The lowest BCUT2D eigenvalue weighted by Crippen LogP contribution is -2.45. The van der Waals surface area contributed by atoms with Crippen LogP contribution in [-0.4, -0.2) is 32.7 Å². The molecule has 0 spiro atoms. The lowest BCUT2D eigenvalue weighted by Gasteiger charge is -2.41. The largest absolute Gasteiger partial charge is 0.476 e. The van der Waals surface area contributed by atoms with E-state index in [2.05, 4.69) is 17.2 Å². The molecule has 6 heteroatoms. The van der Waals surface area contributed by atoms with Gasteiger partial charge in [0.2, 0.25) is 5.69 Å². The average Bonchev–Trinajstić information content (AvgIpc) is 3.00. The van der Waals surface area contributed by atoms with Gasteiger partial charge in [-0.1, -0.05) is 44.7 Å². The molecule has 2 aromatic rings. The number of hydrogen-bond acceptors (Lipinski definition) is 4. The second kappa shape index (κ2) is 9.57. The highest BCUT2D eigenvalue weighted by molar-refractivity contribution is 5.88. The van der Waals surface area contributed by atoms with Gasteiger partial charge in [0.05, 0.1) is 11.0 Å². The highest BCUT2D eigenvalue weighted by Gasteiger charge is 2.35. The smallest absolute Gasteiger partial charge is 0.360 e. The van der Waals surface area contributed by atoms with Crippen molar-refractivity contribution in [3.8, 4) is 0 Å². The lowest BCUT2D eigenvalue weighted by atomic mass is 9.70. The lowest BCUT2D eigenvalue weighted by molar-refractivity contribution is 0.0687. The van der Waals surface area contributed by atoms with E-state index in [1.807, 2.05) is 24.3 Å². The van der Waals surface area contributed by atoms with Gasteiger partial charge in [-0.3, -0.25) is 4.79 Å². The van der Waals surface area contributed by atoms with E-state index in [1.54, 1.807) is 4.57 Å². The molecule has 0 saturated heterocycles. The Kier molecular flexibility index (Phi) is 6.55. The zero-order chi connectivity index (χ0) is 22.9. The summed E-state index contributed by atoms with van der Waals surface area (Å²) in [5.74, 6) is 1.05. The van der Waals surface area contributed by atoms with Crippen molar-refractivity contribution in [2.75, 3.05) is 0 Å². The molecule has 3 saturated carbocycles. The first-order chi connectivity index (χ1) is 16.0. The molecule has 178 valence electrons. The minimum absolute atomic E-state index is 0.0171. The van der Waals surface area contributed by atoms with Crippen molar-refractivity contribution >= 4 is 17.0 Å². The van der Waals surface area contributed by atoms with Crippen molar-refractivity contribution in [2.45, 2.75) is 95.7 Å². The van der Waals surface area contributed by atoms with Gasteiger partial charge in [-0.2, -0.15) is 0 Å². The maximum absolute atomic E-state index is 13.4. The van der Waals surface area contributed by atoms with Crippen LogP contribution in [0.4, 0.5) is 0 Å². The van der Waals surface area contributed by atoms with Crippen molar-refractivity contribution in [1.82, 2.24) is 14.9 Å². The molecule has 0 radical (unpaired) electrons. The Hall–Kier alpha value is -2.21. The fraction of sp³-hybridized carbons (Fsp3) is 0.667. The molecule has 1 heterocycles. The Morgan fingerprint density at radius 3 is 2.52 bits per heavy atom. The van der Waals surface area contributed by atoms with Crippen LogP contribution in [0.2, 0.25) is 0 Å². The molecule has 3 aliphatic carbocycles. The molecule has 33 heavy (non-hydrogen) atoms. The number of rotatable bonds is 5. The van der Waals surface area contributed by atoms with E-state index in [-0.39, 0.29) is 11.7 Å². The monoisotopic (exact) mass is 451 g/mol. The third kappa shape index (κ3) is 4.72. The van der Waals surface area contributed by atoms with Crippen molar-refractivity contribution in [2.24, 2.45) is 17.8 Å². The SMILES string of the molecule is CCC1CCC(NC2CC3CCCC(C3)C2)CC(n2c(=O)c(C(=O)O)nc3ccccc32)C1. The van der Waals surface area contributed by atoms with Crippen LogP contribution in [0.1, 0.15) is 94.1 Å². The molecule has 6 nitrogen and oxygen atoms in total. The Bertz CT molecular complexity index is 1050. The summed E-state index contributed by atoms with van der Waals surface area (Å²) < 4.78 is 1.77. The molecule has 5 unspecified atom stereocenters. The number of aromatic carboxylic acids is 1. The van der Waals surface area contributed by atoms with E-state index < -0.39 is 11.5 Å². The summed E-state index contributed by atoms with van der Waals surface area (Å²) in [6.45, 7) is 2.23. The number of aromatic nitrogens is 2. The van der Waals surface area contributed by atoms with Crippen LogP contribution >= 0.6 is 0 Å². The first-order valence-corrected chi connectivity index (χ1v) is 13.0. The summed E-state index contributed by atoms with van der Waals surface area (Å²) >= 11 is 0. The van der Waals surface area contributed by atoms with Gasteiger partial charge in [0.1, 0.15) is 0 Å². The number of fused-ring (bicyclic) bond motifs is 3. The third-order valence-corrected chi connectivity index (χ3v) is 8.62. The van der Waals surface area contributed by atoms with Crippen molar-refractivity contribution < 1.29 is 9.90 Å². The first-order valence-electron chi connectivity index (χ1n) is 13.0. The van der Waals surface area contributed by atoms with E-state index in [0.717, 1.165) is 49.5 Å². The van der Waals surface area contributed by atoms with Gasteiger partial charge in [0.25, 0.3) is 5.56 Å². The summed E-state index contributed by atoms with van der Waals surface area (Å²) in [6, 6.07) is 8.40. The number of carboxylic acids is 1. The molecule has 0 amide bonds. The first kappa shape index (κ1) is 22.6. The summed E-state index contributed by atoms with van der Waals surface area (Å²) in [6.07, 6.45) is 13.3. The molecule has 5 rings (SSSR count). The standard InChI is InChI=1S/C27H37N3O3/c1-2-17-10-11-20(28-21-13-18-6-5-7-19(12-18)14-21)16-22(15-17)30-24-9-4-3-8-23(24)29-25(26(30)31)27(32)33/h3-4,8-9,17-22,28H,2,5-7,10-16H2,1H3,(H,32,33). The van der Waals surface area contributed by atoms with E-state index in [4.69, 9.17) is 0 Å². The maximum Gasteiger partial charge on any atom is 0.360 e. The van der Waals surface area contributed by atoms with Crippen LogP contribution in [-0.2, 0) is 0 Å². The van der Waals surface area contributed by atoms with Crippen molar-refractivity contribution in [3.05, 3.63) is 40.3 Å². The molecule has 2 N–H and O–H groups in total. The minimum atomic E-state index is -1.25. The quantitative estimate of drug-likeness (QED) is 0.613. The van der Waals surface area contributed by atoms with Gasteiger partial charge in [0.15, 0.2) is 0 Å². The molecule has 3 fully saturated rings. The predicted molar refractivity (Wildman–Crippen MR) is 130 cm³/mol. The molecule has 3 aliphatic rings. The van der Waals surface area contributed by atoms with Crippen molar-refractivity contribution in [3.63, 3.8) is 0 Å². The minimum Gasteiger partial charge on any atom is -0.476 e. The van der Waals surface area contributed by atoms with E-state index in [9.17, 15) is 14.7 Å². The number of benzene rings is 1. The number of carboxylic acid groups (broad SMARTS) is 1. The fourth-order valence-electron chi connectivity index (χ4n) is 7.07. The second-order valence-electron chi connectivity index (χ2n) is 10.8. The van der Waals surface area contributed by atoms with Gasteiger partial charge < -0.3 is 15.0 Å². The molecular weight excluding hydrogens is 414 g/mol. The van der Waals surface area contributed by atoms with Gasteiger partial charge in [-0.25, -0.2) is 9.78 Å². The van der Waals surface area contributed by atoms with Crippen LogP contribution in [0.5, 0.6) is 0 Å². The normalized spacial score (nSPS) is 32.4. The number of carbonyl (C=O) groups is 1. The zero-order valence-electron chi connectivity index (χ0n) is 19.7. The molecular formula is C27H37N3O3. The molecule has 1 aromatic heterocycles. The number of para-hydroxylation sites is 2. The summed E-state index contributed by atoms with van der Waals surface area (Å²) in [7, 11) is 0. The Morgan fingerprint density at radius 1 is 1.03 bits per heavy atom. The number of nitrogens with one attached hydrogen (secondary N) is 1. The fourth-order valence-corrected chi connectivity index (χ4v) is 7.07. The summed E-state index contributed by atoms with van der Waals surface area (Å²) in [5, 5.41) is 13.7. The third-order valence-electron chi connectivity index (χ3n) is 8.62. The highest BCUT2D eigenvalue weighted by atomic mass is 16.4. The van der Waals surface area contributed by atoms with Gasteiger partial charge in [-0.15, -0.1) is 0 Å². The van der Waals surface area contributed by atoms with Gasteiger partial charge in [-0.05, 0) is 74.8 Å². The van der Waals surface area contributed by atoms with E-state index >= 15 is 0 Å². The average molecular weight is 452 g/mol. The highest BCUT2D eigenvalue weighted by Crippen LogP contribution is 2.41. The predicted octanol–water partition coefficient (Wildman–Crippen LogP) is 5.16. The summed E-state index contributed by atoms with van der Waals surface area (Å²) in [4.78, 5) is 29.4. The summed E-state index contributed by atoms with van der Waals surface area (Å²) in [5.41, 5.74) is 0.501. The van der Waals surface area contributed by atoms with E-state index in [1.165, 1.54) is 38.5 Å². The molecule has 1 aromatic carbocycles. The Labute approximate surface area is 195 Å². The molecule has 0 aliphatic heterocycles. The molecule has 2 bridgehead atoms. The number of nitrogens with zero attached hydrogens (tertiary/aromatic N) is 2. The van der Waals surface area contributed by atoms with Gasteiger partial charge in [0, 0.05) is 18.1 Å². The van der Waals surface area contributed by atoms with Crippen LogP contribution in [0.25, 0.3) is 11.0 Å². The second-order valence-corrected chi connectivity index (χ2v) is 10.8. The maximum atomic E-state index is 13.4. The van der Waals surface area contributed by atoms with Gasteiger partial charge >= 0.3 is 5.97 Å². The van der Waals surface area contributed by atoms with Crippen LogP contribution < -0.4 is 10.9 Å². The van der Waals surface area contributed by atoms with E-state index in [0.29, 0.717) is 23.5 Å². The van der Waals surface area contributed by atoms with Crippen molar-refractivity contribution in [1.29, 1.82) is 0 Å². The Morgan fingerprint density at radius 2 is 1.79 bits per heavy atom. The topological polar surface area (TPSA) is 84.2 Å². The van der Waals surface area contributed by atoms with Crippen LogP contribution in [0, 0.1) is 17.8 Å².